The zero-order valence-corrected chi connectivity index (χ0v) is 12.1. The first kappa shape index (κ1) is 16.9. The van der Waals surface area contributed by atoms with E-state index in [1.807, 2.05) is 6.92 Å². The Balaban J connectivity index is 2.15. The van der Waals surface area contributed by atoms with Gasteiger partial charge in [0.2, 0.25) is 0 Å². The lowest BCUT2D eigenvalue weighted by Gasteiger charge is -2.12. The minimum atomic E-state index is -0.832. The quantitative estimate of drug-likeness (QED) is 0.688. The van der Waals surface area contributed by atoms with Crippen molar-refractivity contribution in [3.8, 4) is 0 Å². The average molecular weight is 296 g/mol. The van der Waals surface area contributed by atoms with Gasteiger partial charge in [-0.15, -0.1) is 0 Å². The summed E-state index contributed by atoms with van der Waals surface area (Å²) in [6, 6.07) is 5.95. The molecule has 5 nitrogen and oxygen atoms in total. The summed E-state index contributed by atoms with van der Waals surface area (Å²) < 4.78 is 13.0. The minimum absolute atomic E-state index is 0.101. The highest BCUT2D eigenvalue weighted by atomic mass is 19.1. The van der Waals surface area contributed by atoms with Crippen molar-refractivity contribution in [2.24, 2.45) is 5.92 Å². The minimum Gasteiger partial charge on any atom is -0.481 e. The van der Waals surface area contributed by atoms with Crippen LogP contribution in [0, 0.1) is 11.7 Å². The van der Waals surface area contributed by atoms with Crippen LogP contribution < -0.4 is 10.6 Å². The Morgan fingerprint density at radius 3 is 2.76 bits per heavy atom. The molecule has 0 spiro atoms. The fourth-order valence-corrected chi connectivity index (χ4v) is 1.81. The van der Waals surface area contributed by atoms with Gasteiger partial charge in [-0.3, -0.25) is 4.79 Å². The first-order valence-corrected chi connectivity index (χ1v) is 6.95. The molecule has 1 aromatic rings. The molecule has 2 amide bonds. The van der Waals surface area contributed by atoms with Crippen LogP contribution in [0.2, 0.25) is 0 Å². The van der Waals surface area contributed by atoms with Crippen molar-refractivity contribution < 1.29 is 19.1 Å². The molecule has 1 rings (SSSR count). The molecule has 3 N–H and O–H groups in total. The summed E-state index contributed by atoms with van der Waals surface area (Å²) in [5.74, 6) is -1.01. The topological polar surface area (TPSA) is 78.4 Å². The van der Waals surface area contributed by atoms with Gasteiger partial charge in [0, 0.05) is 19.5 Å². The monoisotopic (exact) mass is 296 g/mol. The normalized spacial score (nSPS) is 11.7. The van der Waals surface area contributed by atoms with Crippen LogP contribution in [0.1, 0.15) is 25.3 Å². The number of carboxylic acid groups (broad SMARTS) is 1. The van der Waals surface area contributed by atoms with Crippen LogP contribution in [0.5, 0.6) is 0 Å². The number of carbonyl (C=O) groups is 2. The van der Waals surface area contributed by atoms with E-state index >= 15 is 0 Å². The lowest BCUT2D eigenvalue weighted by Crippen LogP contribution is -2.38. The first-order valence-electron chi connectivity index (χ1n) is 6.95. The highest BCUT2D eigenvalue weighted by Crippen LogP contribution is 2.04. The van der Waals surface area contributed by atoms with Gasteiger partial charge < -0.3 is 15.7 Å². The Bertz CT molecular complexity index is 480. The van der Waals surface area contributed by atoms with E-state index in [0.29, 0.717) is 25.9 Å². The van der Waals surface area contributed by atoms with Gasteiger partial charge >= 0.3 is 12.0 Å². The molecule has 0 fully saturated rings. The summed E-state index contributed by atoms with van der Waals surface area (Å²) in [7, 11) is 0. The lowest BCUT2D eigenvalue weighted by atomic mass is 10.1. The molecule has 116 valence electrons. The zero-order chi connectivity index (χ0) is 15.7. The first-order chi connectivity index (χ1) is 9.97. The predicted molar refractivity (Wildman–Crippen MR) is 77.5 cm³/mol. The number of halogens is 1. The molecule has 0 aliphatic heterocycles. The highest BCUT2D eigenvalue weighted by Gasteiger charge is 2.07. The standard InChI is InChI=1S/C15H21FN2O3/c1-11(5-6-14(19)20)10-18-15(21)17-8-7-12-3-2-4-13(16)9-12/h2-4,9,11H,5-8,10H2,1H3,(H,19,20)(H2,17,18,21). The Morgan fingerprint density at radius 1 is 1.33 bits per heavy atom. The predicted octanol–water partition coefficient (Wildman–Crippen LogP) is 2.17. The van der Waals surface area contributed by atoms with Crippen molar-refractivity contribution in [1.82, 2.24) is 10.6 Å². The molecule has 0 bridgehead atoms. The number of urea groups is 1. The van der Waals surface area contributed by atoms with Crippen molar-refractivity contribution in [1.29, 1.82) is 0 Å². The molecule has 0 aromatic heterocycles. The number of nitrogens with one attached hydrogen (secondary N) is 2. The second-order valence-corrected chi connectivity index (χ2v) is 5.05. The number of carboxylic acids is 1. The summed E-state index contributed by atoms with van der Waals surface area (Å²) in [6.45, 7) is 2.73. The molecule has 1 aromatic carbocycles. The molecular formula is C15H21FN2O3. The number of aliphatic carboxylic acids is 1. The van der Waals surface area contributed by atoms with Gasteiger partial charge in [-0.05, 0) is 36.5 Å². The van der Waals surface area contributed by atoms with Gasteiger partial charge in [-0.1, -0.05) is 19.1 Å². The van der Waals surface area contributed by atoms with Crippen molar-refractivity contribution >= 4 is 12.0 Å². The molecule has 0 aliphatic carbocycles. The summed E-state index contributed by atoms with van der Waals surface area (Å²) in [4.78, 5) is 21.9. The van der Waals surface area contributed by atoms with Gasteiger partial charge in [0.15, 0.2) is 0 Å². The second-order valence-electron chi connectivity index (χ2n) is 5.05. The lowest BCUT2D eigenvalue weighted by molar-refractivity contribution is -0.137. The van der Waals surface area contributed by atoms with E-state index in [9.17, 15) is 14.0 Å². The molecule has 1 unspecified atom stereocenters. The summed E-state index contributed by atoms with van der Waals surface area (Å²) >= 11 is 0. The molecule has 0 saturated heterocycles. The number of hydrogen-bond donors (Lipinski definition) is 3. The number of carbonyl (C=O) groups excluding carboxylic acids is 1. The maximum absolute atomic E-state index is 13.0. The van der Waals surface area contributed by atoms with E-state index in [1.165, 1.54) is 12.1 Å². The van der Waals surface area contributed by atoms with E-state index in [2.05, 4.69) is 10.6 Å². The fraction of sp³-hybridized carbons (Fsp3) is 0.467. The van der Waals surface area contributed by atoms with Crippen molar-refractivity contribution in [2.45, 2.75) is 26.2 Å². The van der Waals surface area contributed by atoms with E-state index in [-0.39, 0.29) is 24.2 Å². The van der Waals surface area contributed by atoms with E-state index in [1.54, 1.807) is 12.1 Å². The van der Waals surface area contributed by atoms with Crippen molar-refractivity contribution in [3.05, 3.63) is 35.6 Å². The summed E-state index contributed by atoms with van der Waals surface area (Å²) in [6.07, 6.45) is 1.18. The number of rotatable bonds is 8. The molecule has 6 heteroatoms. The molecular weight excluding hydrogens is 275 g/mol. The largest absolute Gasteiger partial charge is 0.481 e. The van der Waals surface area contributed by atoms with Crippen LogP contribution in [0.15, 0.2) is 24.3 Å². The molecule has 0 heterocycles. The summed E-state index contributed by atoms with van der Waals surface area (Å²) in [5.41, 5.74) is 0.824. The maximum atomic E-state index is 13.0. The molecule has 0 radical (unpaired) electrons. The van der Waals surface area contributed by atoms with Crippen LogP contribution >= 0.6 is 0 Å². The van der Waals surface area contributed by atoms with E-state index < -0.39 is 5.97 Å². The SMILES string of the molecule is CC(CCC(=O)O)CNC(=O)NCCc1cccc(F)c1. The number of amides is 2. The van der Waals surface area contributed by atoms with Crippen LogP contribution in [0.25, 0.3) is 0 Å². The molecule has 0 saturated carbocycles. The smallest absolute Gasteiger partial charge is 0.314 e. The maximum Gasteiger partial charge on any atom is 0.314 e. The Labute approximate surface area is 123 Å². The molecule has 1 atom stereocenters. The number of hydrogen-bond acceptors (Lipinski definition) is 2. The van der Waals surface area contributed by atoms with Gasteiger partial charge in [-0.2, -0.15) is 0 Å². The average Bonchev–Trinajstić information content (AvgIpc) is 2.43. The van der Waals surface area contributed by atoms with Crippen LogP contribution in [-0.4, -0.2) is 30.2 Å². The van der Waals surface area contributed by atoms with Crippen LogP contribution in [0.3, 0.4) is 0 Å². The van der Waals surface area contributed by atoms with Crippen LogP contribution in [0.4, 0.5) is 9.18 Å². The highest BCUT2D eigenvalue weighted by molar-refractivity contribution is 5.73. The summed E-state index contributed by atoms with van der Waals surface area (Å²) in [5, 5.41) is 13.9. The fourth-order valence-electron chi connectivity index (χ4n) is 1.81. The molecule has 0 aliphatic rings. The zero-order valence-electron chi connectivity index (χ0n) is 12.1. The third-order valence-corrected chi connectivity index (χ3v) is 3.05. The number of benzene rings is 1. The van der Waals surface area contributed by atoms with Crippen LogP contribution in [-0.2, 0) is 11.2 Å². The van der Waals surface area contributed by atoms with Crippen molar-refractivity contribution in [2.75, 3.05) is 13.1 Å². The van der Waals surface area contributed by atoms with E-state index in [4.69, 9.17) is 5.11 Å². The van der Waals surface area contributed by atoms with Gasteiger partial charge in [-0.25, -0.2) is 9.18 Å². The van der Waals surface area contributed by atoms with Crippen molar-refractivity contribution in [3.63, 3.8) is 0 Å². The Kier molecular flexibility index (Phi) is 7.21. The Hall–Kier alpha value is -2.11. The third-order valence-electron chi connectivity index (χ3n) is 3.05. The molecule has 21 heavy (non-hydrogen) atoms. The van der Waals surface area contributed by atoms with Gasteiger partial charge in [0.25, 0.3) is 0 Å². The second kappa shape index (κ2) is 8.94. The van der Waals surface area contributed by atoms with Gasteiger partial charge in [0.1, 0.15) is 5.82 Å². The third kappa shape index (κ3) is 7.91. The van der Waals surface area contributed by atoms with E-state index in [0.717, 1.165) is 5.56 Å². The van der Waals surface area contributed by atoms with Gasteiger partial charge in [0.05, 0.1) is 0 Å². The Morgan fingerprint density at radius 2 is 2.10 bits per heavy atom.